The summed E-state index contributed by atoms with van der Waals surface area (Å²) in [6.45, 7) is 2.60. The number of unbranched alkanes of at least 4 members (excludes halogenated alkanes) is 1. The third-order valence-corrected chi connectivity index (χ3v) is 2.72. The van der Waals surface area contributed by atoms with Crippen LogP contribution in [0.5, 0.6) is 0 Å². The minimum atomic E-state index is -0.248. The van der Waals surface area contributed by atoms with Crippen molar-refractivity contribution in [3.63, 3.8) is 0 Å². The zero-order chi connectivity index (χ0) is 12.4. The molecule has 1 amide bonds. The van der Waals surface area contributed by atoms with E-state index in [2.05, 4.69) is 15.9 Å². The van der Waals surface area contributed by atoms with Crippen LogP contribution in [0.15, 0.2) is 0 Å². The molecule has 0 rings (SSSR count). The molecule has 0 spiro atoms. The summed E-state index contributed by atoms with van der Waals surface area (Å²) in [6, 6.07) is 0. The zero-order valence-electron chi connectivity index (χ0n) is 10.00. The van der Waals surface area contributed by atoms with E-state index in [1.54, 1.807) is 18.9 Å². The summed E-state index contributed by atoms with van der Waals surface area (Å²) in [7, 11) is 1.72. The molecule has 5 heteroatoms. The fraction of sp³-hybridized carbons (Fsp3) is 0.818. The van der Waals surface area contributed by atoms with Gasteiger partial charge in [-0.3, -0.25) is 9.59 Å². The van der Waals surface area contributed by atoms with E-state index in [4.69, 9.17) is 4.74 Å². The van der Waals surface area contributed by atoms with Crippen LogP contribution in [-0.2, 0) is 14.3 Å². The fourth-order valence-electron chi connectivity index (χ4n) is 1.18. The topological polar surface area (TPSA) is 46.6 Å². The van der Waals surface area contributed by atoms with Crippen molar-refractivity contribution in [1.82, 2.24) is 4.90 Å². The molecule has 16 heavy (non-hydrogen) atoms. The van der Waals surface area contributed by atoms with Crippen LogP contribution in [-0.4, -0.2) is 42.3 Å². The molecular weight excluding hydrogens is 274 g/mol. The number of alkyl halides is 1. The number of ether oxygens (including phenoxy) is 1. The molecule has 0 aromatic rings. The van der Waals surface area contributed by atoms with Crippen LogP contribution in [0.25, 0.3) is 0 Å². The monoisotopic (exact) mass is 293 g/mol. The lowest BCUT2D eigenvalue weighted by atomic mass is 10.2. The Morgan fingerprint density at radius 1 is 1.25 bits per heavy atom. The van der Waals surface area contributed by atoms with Crippen LogP contribution >= 0.6 is 15.9 Å². The number of hydrogen-bond donors (Lipinski definition) is 0. The Labute approximate surface area is 105 Å². The Kier molecular flexibility index (Phi) is 9.28. The minimum Gasteiger partial charge on any atom is -0.466 e. The number of amides is 1. The first-order valence-corrected chi connectivity index (χ1v) is 6.69. The largest absolute Gasteiger partial charge is 0.466 e. The molecule has 0 unspecified atom stereocenters. The second kappa shape index (κ2) is 9.63. The highest BCUT2D eigenvalue weighted by Gasteiger charge is 2.10. The van der Waals surface area contributed by atoms with Crippen molar-refractivity contribution in [2.24, 2.45) is 0 Å². The molecule has 0 aliphatic carbocycles. The van der Waals surface area contributed by atoms with Gasteiger partial charge in [-0.15, -0.1) is 0 Å². The summed E-state index contributed by atoms with van der Waals surface area (Å²) in [5, 5.41) is 0.923. The quantitative estimate of drug-likeness (QED) is 0.390. The molecule has 4 nitrogen and oxygen atoms in total. The van der Waals surface area contributed by atoms with E-state index >= 15 is 0 Å². The molecular formula is C11H20BrNO3. The molecule has 0 aromatic carbocycles. The molecule has 0 aliphatic rings. The number of nitrogens with zero attached hydrogens (tertiary/aromatic N) is 1. The van der Waals surface area contributed by atoms with E-state index < -0.39 is 0 Å². The van der Waals surface area contributed by atoms with Crippen molar-refractivity contribution in [2.75, 3.05) is 25.5 Å². The van der Waals surface area contributed by atoms with Crippen LogP contribution in [0, 0.1) is 0 Å². The molecule has 0 atom stereocenters. The van der Waals surface area contributed by atoms with Gasteiger partial charge in [0.05, 0.1) is 13.0 Å². The fourth-order valence-corrected chi connectivity index (χ4v) is 1.57. The van der Waals surface area contributed by atoms with Crippen molar-refractivity contribution in [3.8, 4) is 0 Å². The van der Waals surface area contributed by atoms with Gasteiger partial charge in [-0.25, -0.2) is 0 Å². The van der Waals surface area contributed by atoms with Gasteiger partial charge in [0, 0.05) is 25.3 Å². The maximum Gasteiger partial charge on any atom is 0.307 e. The van der Waals surface area contributed by atoms with Gasteiger partial charge in [0.1, 0.15) is 0 Å². The Morgan fingerprint density at radius 2 is 1.94 bits per heavy atom. The SMILES string of the molecule is CCOC(=O)CCN(C)C(=O)CCCCBr. The predicted octanol–water partition coefficient (Wildman–Crippen LogP) is 1.96. The minimum absolute atomic E-state index is 0.0882. The lowest BCUT2D eigenvalue weighted by molar-refractivity contribution is -0.143. The Bertz CT molecular complexity index is 221. The van der Waals surface area contributed by atoms with Gasteiger partial charge >= 0.3 is 5.97 Å². The van der Waals surface area contributed by atoms with Gasteiger partial charge in [0.15, 0.2) is 0 Å². The Hall–Kier alpha value is -0.580. The summed E-state index contributed by atoms with van der Waals surface area (Å²) in [5.41, 5.74) is 0. The number of carbonyl (C=O) groups is 2. The summed E-state index contributed by atoms with van der Waals surface area (Å²) >= 11 is 3.32. The summed E-state index contributed by atoms with van der Waals surface area (Å²) in [4.78, 5) is 24.2. The first-order chi connectivity index (χ1) is 7.61. The predicted molar refractivity (Wildman–Crippen MR) is 66.5 cm³/mol. The first kappa shape index (κ1) is 15.4. The molecule has 0 radical (unpaired) electrons. The van der Waals surface area contributed by atoms with Gasteiger partial charge < -0.3 is 9.64 Å². The van der Waals surface area contributed by atoms with E-state index in [-0.39, 0.29) is 18.3 Å². The Morgan fingerprint density at radius 3 is 2.50 bits per heavy atom. The maximum atomic E-state index is 11.5. The van der Waals surface area contributed by atoms with E-state index in [1.165, 1.54) is 0 Å². The van der Waals surface area contributed by atoms with Crippen LogP contribution in [0.2, 0.25) is 0 Å². The smallest absolute Gasteiger partial charge is 0.307 e. The van der Waals surface area contributed by atoms with Gasteiger partial charge in [-0.05, 0) is 19.8 Å². The van der Waals surface area contributed by atoms with Crippen molar-refractivity contribution >= 4 is 27.8 Å². The standard InChI is InChI=1S/C11H20BrNO3/c1-3-16-11(15)7-9-13(2)10(14)6-4-5-8-12/h3-9H2,1-2H3. The lowest BCUT2D eigenvalue weighted by Crippen LogP contribution is -2.29. The summed E-state index contributed by atoms with van der Waals surface area (Å²) in [6.07, 6.45) is 2.70. The average molecular weight is 294 g/mol. The average Bonchev–Trinajstić information content (AvgIpc) is 2.26. The van der Waals surface area contributed by atoms with Crippen molar-refractivity contribution in [2.45, 2.75) is 32.6 Å². The highest BCUT2D eigenvalue weighted by molar-refractivity contribution is 9.09. The summed E-state index contributed by atoms with van der Waals surface area (Å²) < 4.78 is 4.79. The van der Waals surface area contributed by atoms with Crippen LogP contribution in [0.1, 0.15) is 32.6 Å². The number of rotatable bonds is 8. The molecule has 0 bridgehead atoms. The zero-order valence-corrected chi connectivity index (χ0v) is 11.6. The lowest BCUT2D eigenvalue weighted by Gasteiger charge is -2.16. The highest BCUT2D eigenvalue weighted by Crippen LogP contribution is 2.02. The normalized spacial score (nSPS) is 9.94. The first-order valence-electron chi connectivity index (χ1n) is 5.57. The van der Waals surface area contributed by atoms with Gasteiger partial charge in [-0.2, -0.15) is 0 Å². The molecule has 0 aliphatic heterocycles. The van der Waals surface area contributed by atoms with E-state index in [0.29, 0.717) is 19.6 Å². The third kappa shape index (κ3) is 7.68. The third-order valence-electron chi connectivity index (χ3n) is 2.16. The summed E-state index contributed by atoms with van der Waals surface area (Å²) in [5.74, 6) is -0.159. The van der Waals surface area contributed by atoms with Crippen molar-refractivity contribution in [3.05, 3.63) is 0 Å². The molecule has 0 aromatic heterocycles. The molecule has 94 valence electrons. The highest BCUT2D eigenvalue weighted by atomic mass is 79.9. The van der Waals surface area contributed by atoms with Crippen molar-refractivity contribution < 1.29 is 14.3 Å². The maximum absolute atomic E-state index is 11.5. The number of carbonyl (C=O) groups excluding carboxylic acids is 2. The Balaban J connectivity index is 3.66. The van der Waals surface area contributed by atoms with Gasteiger partial charge in [0.25, 0.3) is 0 Å². The molecule has 0 saturated heterocycles. The molecule has 0 N–H and O–H groups in total. The van der Waals surface area contributed by atoms with E-state index in [9.17, 15) is 9.59 Å². The number of esters is 1. The second-order valence-corrected chi connectivity index (χ2v) is 4.31. The second-order valence-electron chi connectivity index (χ2n) is 3.52. The number of halogens is 1. The molecule has 0 fully saturated rings. The van der Waals surface area contributed by atoms with Crippen molar-refractivity contribution in [1.29, 1.82) is 0 Å². The molecule has 0 heterocycles. The van der Waals surface area contributed by atoms with Crippen LogP contribution < -0.4 is 0 Å². The van der Waals surface area contributed by atoms with Gasteiger partial charge in [-0.1, -0.05) is 15.9 Å². The van der Waals surface area contributed by atoms with Crippen LogP contribution in [0.3, 0.4) is 0 Å². The molecule has 0 saturated carbocycles. The van der Waals surface area contributed by atoms with Crippen LogP contribution in [0.4, 0.5) is 0 Å². The van der Waals surface area contributed by atoms with Gasteiger partial charge in [0.2, 0.25) is 5.91 Å². The van der Waals surface area contributed by atoms with E-state index in [0.717, 1.165) is 18.2 Å². The number of hydrogen-bond acceptors (Lipinski definition) is 3. The van der Waals surface area contributed by atoms with E-state index in [1.807, 2.05) is 0 Å².